The summed E-state index contributed by atoms with van der Waals surface area (Å²) in [6, 6.07) is 6.57. The molecule has 0 radical (unpaired) electrons. The van der Waals surface area contributed by atoms with E-state index in [9.17, 15) is 0 Å². The maximum absolute atomic E-state index is 6.04. The first-order valence-corrected chi connectivity index (χ1v) is 9.34. The second-order valence-electron chi connectivity index (χ2n) is 6.82. The molecule has 0 atom stereocenters. The average molecular weight is 349 g/mol. The van der Waals surface area contributed by atoms with Crippen molar-refractivity contribution in [3.63, 3.8) is 0 Å². The Labute approximate surface area is 147 Å². The highest BCUT2D eigenvalue weighted by Crippen LogP contribution is 2.19. The SMILES string of the molecule is Clc1ccc2nc(CCN3CCC(N4CCOCC4)CC3)[nH]c2c1. The second kappa shape index (κ2) is 7.40. The van der Waals surface area contributed by atoms with Crippen molar-refractivity contribution in [1.29, 1.82) is 0 Å². The Morgan fingerprint density at radius 3 is 2.75 bits per heavy atom. The summed E-state index contributed by atoms with van der Waals surface area (Å²) < 4.78 is 5.46. The smallest absolute Gasteiger partial charge is 0.108 e. The fourth-order valence-electron chi connectivity index (χ4n) is 3.87. The van der Waals surface area contributed by atoms with Crippen LogP contribution in [-0.4, -0.2) is 71.7 Å². The zero-order chi connectivity index (χ0) is 16.4. The van der Waals surface area contributed by atoms with E-state index in [2.05, 4.69) is 19.8 Å². The van der Waals surface area contributed by atoms with E-state index in [1.54, 1.807) is 0 Å². The summed E-state index contributed by atoms with van der Waals surface area (Å²) in [6.45, 7) is 7.45. The lowest BCUT2D eigenvalue weighted by Crippen LogP contribution is -2.49. The minimum atomic E-state index is 0.749. The summed E-state index contributed by atoms with van der Waals surface area (Å²) >= 11 is 6.04. The molecule has 4 rings (SSSR count). The van der Waals surface area contributed by atoms with Crippen LogP contribution in [0.15, 0.2) is 18.2 Å². The van der Waals surface area contributed by atoms with E-state index < -0.39 is 0 Å². The molecular weight excluding hydrogens is 324 g/mol. The van der Waals surface area contributed by atoms with Crippen LogP contribution in [0.2, 0.25) is 5.02 Å². The lowest BCUT2D eigenvalue weighted by Gasteiger charge is -2.40. The number of hydrogen-bond acceptors (Lipinski definition) is 4. The topological polar surface area (TPSA) is 44.4 Å². The van der Waals surface area contributed by atoms with E-state index in [-0.39, 0.29) is 0 Å². The number of aromatic amines is 1. The molecular formula is C18H25ClN4O. The molecule has 130 valence electrons. The molecule has 2 fully saturated rings. The Morgan fingerprint density at radius 1 is 1.17 bits per heavy atom. The van der Waals surface area contributed by atoms with Gasteiger partial charge in [0.2, 0.25) is 0 Å². The lowest BCUT2D eigenvalue weighted by atomic mass is 10.0. The van der Waals surface area contributed by atoms with Gasteiger partial charge in [0.25, 0.3) is 0 Å². The fourth-order valence-corrected chi connectivity index (χ4v) is 4.04. The molecule has 1 aromatic heterocycles. The summed E-state index contributed by atoms with van der Waals surface area (Å²) in [7, 11) is 0. The summed E-state index contributed by atoms with van der Waals surface area (Å²) in [6.07, 6.45) is 3.51. The number of benzene rings is 1. The van der Waals surface area contributed by atoms with E-state index in [1.165, 1.54) is 25.9 Å². The van der Waals surface area contributed by atoms with Crippen LogP contribution in [0, 0.1) is 0 Å². The van der Waals surface area contributed by atoms with Crippen LogP contribution in [-0.2, 0) is 11.2 Å². The molecule has 5 nitrogen and oxygen atoms in total. The van der Waals surface area contributed by atoms with Crippen molar-refractivity contribution in [3.8, 4) is 0 Å². The number of nitrogens with one attached hydrogen (secondary N) is 1. The number of halogens is 1. The number of aromatic nitrogens is 2. The third-order valence-corrected chi connectivity index (χ3v) is 5.51. The molecule has 0 amide bonds. The predicted octanol–water partition coefficient (Wildman–Crippen LogP) is 2.56. The van der Waals surface area contributed by atoms with Crippen LogP contribution in [0.4, 0.5) is 0 Å². The van der Waals surface area contributed by atoms with Gasteiger partial charge >= 0.3 is 0 Å². The van der Waals surface area contributed by atoms with Crippen LogP contribution in [0.25, 0.3) is 11.0 Å². The third-order valence-electron chi connectivity index (χ3n) is 5.28. The van der Waals surface area contributed by atoms with Crippen molar-refractivity contribution in [2.24, 2.45) is 0 Å². The first-order valence-electron chi connectivity index (χ1n) is 8.96. The molecule has 0 saturated carbocycles. The number of morpholine rings is 1. The Kier molecular flexibility index (Phi) is 5.03. The normalized spacial score (nSPS) is 21.5. The van der Waals surface area contributed by atoms with Gasteiger partial charge in [-0.15, -0.1) is 0 Å². The highest BCUT2D eigenvalue weighted by atomic mass is 35.5. The Hall–Kier alpha value is -1.14. The van der Waals surface area contributed by atoms with E-state index in [4.69, 9.17) is 16.3 Å². The predicted molar refractivity (Wildman–Crippen MR) is 96.7 cm³/mol. The zero-order valence-corrected chi connectivity index (χ0v) is 14.8. The van der Waals surface area contributed by atoms with Gasteiger partial charge in [-0.25, -0.2) is 4.98 Å². The van der Waals surface area contributed by atoms with Gasteiger partial charge in [0.1, 0.15) is 5.82 Å². The number of likely N-dealkylation sites (tertiary alicyclic amines) is 1. The number of ether oxygens (including phenoxy) is 1. The number of nitrogens with zero attached hydrogens (tertiary/aromatic N) is 3. The molecule has 24 heavy (non-hydrogen) atoms. The van der Waals surface area contributed by atoms with Crippen LogP contribution < -0.4 is 0 Å². The molecule has 1 aromatic carbocycles. The van der Waals surface area contributed by atoms with Gasteiger partial charge in [0, 0.05) is 37.1 Å². The van der Waals surface area contributed by atoms with Crippen molar-refractivity contribution < 1.29 is 4.74 Å². The van der Waals surface area contributed by atoms with Crippen LogP contribution in [0.3, 0.4) is 0 Å². The number of piperidine rings is 1. The van der Waals surface area contributed by atoms with E-state index in [1.807, 2.05) is 18.2 Å². The minimum Gasteiger partial charge on any atom is -0.379 e. The average Bonchev–Trinajstić information content (AvgIpc) is 3.03. The van der Waals surface area contributed by atoms with E-state index >= 15 is 0 Å². The molecule has 1 N–H and O–H groups in total. The highest BCUT2D eigenvalue weighted by molar-refractivity contribution is 6.31. The van der Waals surface area contributed by atoms with Crippen LogP contribution >= 0.6 is 11.6 Å². The van der Waals surface area contributed by atoms with Gasteiger partial charge in [0.05, 0.1) is 24.2 Å². The van der Waals surface area contributed by atoms with Crippen molar-refractivity contribution >= 4 is 22.6 Å². The number of H-pyrrole nitrogens is 1. The second-order valence-corrected chi connectivity index (χ2v) is 7.25. The minimum absolute atomic E-state index is 0.749. The summed E-state index contributed by atoms with van der Waals surface area (Å²) in [4.78, 5) is 13.2. The van der Waals surface area contributed by atoms with Gasteiger partial charge in [-0.2, -0.15) is 0 Å². The number of imidazole rings is 1. The van der Waals surface area contributed by atoms with Crippen molar-refractivity contribution in [2.75, 3.05) is 45.9 Å². The van der Waals surface area contributed by atoms with E-state index in [0.717, 1.165) is 67.2 Å². The van der Waals surface area contributed by atoms with Crippen LogP contribution in [0.1, 0.15) is 18.7 Å². The maximum atomic E-state index is 6.04. The quantitative estimate of drug-likeness (QED) is 0.922. The van der Waals surface area contributed by atoms with Crippen molar-refractivity contribution in [1.82, 2.24) is 19.8 Å². The number of rotatable bonds is 4. The molecule has 0 bridgehead atoms. The van der Waals surface area contributed by atoms with E-state index in [0.29, 0.717) is 0 Å². The number of fused-ring (bicyclic) bond motifs is 1. The van der Waals surface area contributed by atoms with Gasteiger partial charge in [-0.3, -0.25) is 4.90 Å². The van der Waals surface area contributed by atoms with Crippen molar-refractivity contribution in [3.05, 3.63) is 29.0 Å². The lowest BCUT2D eigenvalue weighted by molar-refractivity contribution is 0.000982. The molecule has 0 spiro atoms. The van der Waals surface area contributed by atoms with Gasteiger partial charge in [-0.05, 0) is 44.1 Å². The first-order chi connectivity index (χ1) is 11.8. The number of hydrogen-bond donors (Lipinski definition) is 1. The Balaban J connectivity index is 1.27. The Bertz CT molecular complexity index is 675. The Morgan fingerprint density at radius 2 is 1.96 bits per heavy atom. The monoisotopic (exact) mass is 348 g/mol. The van der Waals surface area contributed by atoms with Crippen molar-refractivity contribution in [2.45, 2.75) is 25.3 Å². The first kappa shape index (κ1) is 16.3. The molecule has 2 aromatic rings. The zero-order valence-electron chi connectivity index (χ0n) is 14.0. The summed E-state index contributed by atoms with van der Waals surface area (Å²) in [5.41, 5.74) is 2.03. The fraction of sp³-hybridized carbons (Fsp3) is 0.611. The van der Waals surface area contributed by atoms with Gasteiger partial charge in [0.15, 0.2) is 0 Å². The molecule has 2 saturated heterocycles. The largest absolute Gasteiger partial charge is 0.379 e. The standard InChI is InChI=1S/C18H25ClN4O/c19-14-1-2-16-17(13-14)21-18(20-16)5-8-22-6-3-15(4-7-22)23-9-11-24-12-10-23/h1-2,13,15H,3-12H2,(H,20,21). The third kappa shape index (κ3) is 3.75. The maximum Gasteiger partial charge on any atom is 0.108 e. The summed E-state index contributed by atoms with van der Waals surface area (Å²) in [5.74, 6) is 1.06. The molecule has 2 aliphatic heterocycles. The molecule has 0 aliphatic carbocycles. The van der Waals surface area contributed by atoms with Gasteiger partial charge in [-0.1, -0.05) is 11.6 Å². The highest BCUT2D eigenvalue weighted by Gasteiger charge is 2.25. The molecule has 3 heterocycles. The molecule has 6 heteroatoms. The molecule has 2 aliphatic rings. The summed E-state index contributed by atoms with van der Waals surface area (Å²) in [5, 5.41) is 0.753. The van der Waals surface area contributed by atoms with Crippen LogP contribution in [0.5, 0.6) is 0 Å². The molecule has 0 unspecified atom stereocenters. The van der Waals surface area contributed by atoms with Gasteiger partial charge < -0.3 is 14.6 Å².